The molecule has 0 radical (unpaired) electrons. The molecule has 0 atom stereocenters. The number of amides is 1. The fourth-order valence-corrected chi connectivity index (χ4v) is 3.03. The van der Waals surface area contributed by atoms with E-state index in [2.05, 4.69) is 10.6 Å². The van der Waals surface area contributed by atoms with E-state index in [1.54, 1.807) is 24.3 Å². The molecule has 3 rings (SSSR count). The van der Waals surface area contributed by atoms with Gasteiger partial charge in [-0.05, 0) is 46.8 Å². The van der Waals surface area contributed by atoms with Crippen LogP contribution in [-0.2, 0) is 4.79 Å². The molecule has 130 valence electrons. The van der Waals surface area contributed by atoms with Crippen LogP contribution in [0.1, 0.15) is 5.56 Å². The molecule has 0 heterocycles. The number of halogens is 2. The minimum Gasteiger partial charge on any atom is -0.331 e. The molecule has 0 bridgehead atoms. The highest BCUT2D eigenvalue weighted by Crippen LogP contribution is 2.29. The topological polar surface area (TPSA) is 41.1 Å². The van der Waals surface area contributed by atoms with Gasteiger partial charge in [0.2, 0.25) is 5.91 Å². The first-order valence-electron chi connectivity index (χ1n) is 7.76. The van der Waals surface area contributed by atoms with Gasteiger partial charge in [-0.2, -0.15) is 0 Å². The Morgan fingerprint density at radius 2 is 1.69 bits per heavy atom. The van der Waals surface area contributed by atoms with E-state index >= 15 is 0 Å². The maximum atomic E-state index is 12.1. The SMILES string of the molecule is O=C(C=Cc1cccc2ccccc12)NC(=S)Nc1cccc(Cl)c1Cl. The summed E-state index contributed by atoms with van der Waals surface area (Å²) in [7, 11) is 0. The summed E-state index contributed by atoms with van der Waals surface area (Å²) in [5.41, 5.74) is 1.48. The smallest absolute Gasteiger partial charge is 0.250 e. The van der Waals surface area contributed by atoms with Crippen molar-refractivity contribution >= 4 is 69.0 Å². The van der Waals surface area contributed by atoms with Gasteiger partial charge in [0.05, 0.1) is 15.7 Å². The van der Waals surface area contributed by atoms with E-state index in [0.29, 0.717) is 15.7 Å². The first-order chi connectivity index (χ1) is 12.5. The lowest BCUT2D eigenvalue weighted by molar-refractivity contribution is -0.115. The van der Waals surface area contributed by atoms with Crippen molar-refractivity contribution < 1.29 is 4.79 Å². The van der Waals surface area contributed by atoms with E-state index in [9.17, 15) is 4.79 Å². The third kappa shape index (κ3) is 4.41. The summed E-state index contributed by atoms with van der Waals surface area (Å²) in [4.78, 5) is 12.1. The fraction of sp³-hybridized carbons (Fsp3) is 0. The summed E-state index contributed by atoms with van der Waals surface area (Å²) in [5.74, 6) is -0.339. The summed E-state index contributed by atoms with van der Waals surface area (Å²) in [6, 6.07) is 19.0. The molecule has 3 aromatic carbocycles. The van der Waals surface area contributed by atoms with Gasteiger partial charge in [-0.1, -0.05) is 71.7 Å². The van der Waals surface area contributed by atoms with Crippen molar-refractivity contribution in [2.24, 2.45) is 0 Å². The molecule has 0 unspecified atom stereocenters. The highest BCUT2D eigenvalue weighted by Gasteiger charge is 2.07. The van der Waals surface area contributed by atoms with Crippen LogP contribution in [0.3, 0.4) is 0 Å². The Morgan fingerprint density at radius 1 is 0.962 bits per heavy atom. The molecular weight excluding hydrogens is 387 g/mol. The Morgan fingerprint density at radius 3 is 2.54 bits per heavy atom. The first kappa shape index (κ1) is 18.4. The summed E-state index contributed by atoms with van der Waals surface area (Å²) in [6.07, 6.45) is 3.20. The van der Waals surface area contributed by atoms with Crippen LogP contribution in [0.25, 0.3) is 16.8 Å². The molecule has 0 saturated carbocycles. The number of thiocarbonyl (C=S) groups is 1. The largest absolute Gasteiger partial charge is 0.331 e. The van der Waals surface area contributed by atoms with E-state index in [1.807, 2.05) is 42.5 Å². The number of anilines is 1. The minimum absolute atomic E-state index is 0.140. The van der Waals surface area contributed by atoms with Crippen molar-refractivity contribution in [3.05, 3.63) is 82.3 Å². The van der Waals surface area contributed by atoms with E-state index in [4.69, 9.17) is 35.4 Å². The standard InChI is InChI=1S/C20H14Cl2N2OS/c21-16-9-4-10-17(19(16)22)23-20(26)24-18(25)12-11-14-7-3-6-13-5-1-2-8-15(13)14/h1-12H,(H2,23,24,25,26). The Hall–Kier alpha value is -2.40. The van der Waals surface area contributed by atoms with Gasteiger partial charge < -0.3 is 5.32 Å². The maximum absolute atomic E-state index is 12.1. The summed E-state index contributed by atoms with van der Waals surface area (Å²) < 4.78 is 0. The van der Waals surface area contributed by atoms with Gasteiger partial charge in [0.15, 0.2) is 5.11 Å². The Kier molecular flexibility index (Phi) is 5.89. The number of carbonyl (C=O) groups is 1. The minimum atomic E-state index is -0.339. The second kappa shape index (κ2) is 8.32. The Labute approximate surface area is 166 Å². The number of fused-ring (bicyclic) bond motifs is 1. The molecule has 2 N–H and O–H groups in total. The van der Waals surface area contributed by atoms with E-state index in [1.165, 1.54) is 6.08 Å². The second-order valence-corrected chi connectivity index (χ2v) is 6.64. The van der Waals surface area contributed by atoms with Gasteiger partial charge in [-0.3, -0.25) is 10.1 Å². The molecule has 0 aromatic heterocycles. The Bertz CT molecular complexity index is 1010. The molecule has 3 aromatic rings. The van der Waals surface area contributed by atoms with Crippen molar-refractivity contribution in [3.8, 4) is 0 Å². The van der Waals surface area contributed by atoms with Gasteiger partial charge in [0.1, 0.15) is 0 Å². The van der Waals surface area contributed by atoms with Gasteiger partial charge in [-0.25, -0.2) is 0 Å². The molecule has 0 aliphatic carbocycles. The lowest BCUT2D eigenvalue weighted by atomic mass is 10.0. The zero-order valence-corrected chi connectivity index (χ0v) is 15.8. The second-order valence-electron chi connectivity index (χ2n) is 5.45. The molecule has 3 nitrogen and oxygen atoms in total. The molecule has 1 amide bonds. The third-order valence-electron chi connectivity index (χ3n) is 3.67. The molecule has 26 heavy (non-hydrogen) atoms. The molecule has 0 aliphatic rings. The van der Waals surface area contributed by atoms with Crippen LogP contribution in [0.4, 0.5) is 5.69 Å². The van der Waals surface area contributed by atoms with Crippen molar-refractivity contribution in [2.75, 3.05) is 5.32 Å². The normalized spacial score (nSPS) is 10.8. The molecular formula is C20H14Cl2N2OS. The zero-order chi connectivity index (χ0) is 18.5. The zero-order valence-electron chi connectivity index (χ0n) is 13.5. The van der Waals surface area contributed by atoms with E-state index in [-0.39, 0.29) is 11.0 Å². The van der Waals surface area contributed by atoms with Crippen LogP contribution in [0, 0.1) is 0 Å². The monoisotopic (exact) mass is 400 g/mol. The van der Waals surface area contributed by atoms with Crippen LogP contribution in [0.15, 0.2) is 66.7 Å². The number of hydrogen-bond donors (Lipinski definition) is 2. The van der Waals surface area contributed by atoms with Gasteiger partial charge >= 0.3 is 0 Å². The molecule has 0 spiro atoms. The summed E-state index contributed by atoms with van der Waals surface area (Å²) >= 11 is 17.2. The van der Waals surface area contributed by atoms with Gasteiger partial charge in [0.25, 0.3) is 0 Å². The predicted octanol–water partition coefficient (Wildman–Crippen LogP) is 5.67. The van der Waals surface area contributed by atoms with Crippen molar-refractivity contribution in [2.45, 2.75) is 0 Å². The lowest BCUT2D eigenvalue weighted by Gasteiger charge is -2.10. The van der Waals surface area contributed by atoms with Crippen LogP contribution >= 0.6 is 35.4 Å². The van der Waals surface area contributed by atoms with Gasteiger partial charge in [0, 0.05) is 6.08 Å². The third-order valence-corrected chi connectivity index (χ3v) is 4.70. The lowest BCUT2D eigenvalue weighted by Crippen LogP contribution is -2.32. The first-order valence-corrected chi connectivity index (χ1v) is 8.93. The van der Waals surface area contributed by atoms with Crippen LogP contribution in [-0.4, -0.2) is 11.0 Å². The average molecular weight is 401 g/mol. The molecule has 6 heteroatoms. The number of benzene rings is 3. The van der Waals surface area contributed by atoms with E-state index < -0.39 is 0 Å². The van der Waals surface area contributed by atoms with Crippen molar-refractivity contribution in [1.29, 1.82) is 0 Å². The molecule has 0 fully saturated rings. The predicted molar refractivity (Wildman–Crippen MR) is 114 cm³/mol. The maximum Gasteiger partial charge on any atom is 0.250 e. The summed E-state index contributed by atoms with van der Waals surface area (Å²) in [5, 5.41) is 8.52. The van der Waals surface area contributed by atoms with Crippen molar-refractivity contribution in [3.63, 3.8) is 0 Å². The number of nitrogens with one attached hydrogen (secondary N) is 2. The van der Waals surface area contributed by atoms with Gasteiger partial charge in [-0.15, -0.1) is 0 Å². The van der Waals surface area contributed by atoms with Crippen LogP contribution in [0.5, 0.6) is 0 Å². The highest BCUT2D eigenvalue weighted by atomic mass is 35.5. The van der Waals surface area contributed by atoms with Crippen molar-refractivity contribution in [1.82, 2.24) is 5.32 Å². The summed E-state index contributed by atoms with van der Waals surface area (Å²) in [6.45, 7) is 0. The number of rotatable bonds is 3. The highest BCUT2D eigenvalue weighted by molar-refractivity contribution is 7.80. The van der Waals surface area contributed by atoms with Crippen LogP contribution in [0.2, 0.25) is 10.0 Å². The molecule has 0 aliphatic heterocycles. The molecule has 0 saturated heterocycles. The Balaban J connectivity index is 1.67. The number of hydrogen-bond acceptors (Lipinski definition) is 2. The average Bonchev–Trinajstić information content (AvgIpc) is 2.63. The van der Waals surface area contributed by atoms with Crippen LogP contribution < -0.4 is 10.6 Å². The quantitative estimate of drug-likeness (QED) is 0.439. The number of carbonyl (C=O) groups excluding carboxylic acids is 1. The fourth-order valence-electron chi connectivity index (χ4n) is 2.47. The van der Waals surface area contributed by atoms with E-state index in [0.717, 1.165) is 16.3 Å².